The van der Waals surface area contributed by atoms with E-state index in [-0.39, 0.29) is 0 Å². The van der Waals surface area contributed by atoms with Gasteiger partial charge in [-0.05, 0) is 50.5 Å². The van der Waals surface area contributed by atoms with Crippen LogP contribution in [0.1, 0.15) is 66.2 Å². The second-order valence-electron chi connectivity index (χ2n) is 6.31. The van der Waals surface area contributed by atoms with Crippen molar-refractivity contribution < 1.29 is 0 Å². The molecular formula is C17H31N. The molecule has 2 fully saturated rings. The van der Waals surface area contributed by atoms with Gasteiger partial charge in [-0.15, -0.1) is 0 Å². The van der Waals surface area contributed by atoms with Gasteiger partial charge in [-0.2, -0.15) is 0 Å². The predicted molar refractivity (Wildman–Crippen MR) is 79.7 cm³/mol. The van der Waals surface area contributed by atoms with Crippen LogP contribution in [0.3, 0.4) is 0 Å². The minimum Gasteiger partial charge on any atom is -0.293 e. The molecule has 2 heterocycles. The van der Waals surface area contributed by atoms with Crippen molar-refractivity contribution in [2.24, 2.45) is 11.8 Å². The van der Waals surface area contributed by atoms with Crippen LogP contribution in [0, 0.1) is 11.8 Å². The third-order valence-electron chi connectivity index (χ3n) is 5.24. The molecule has 18 heavy (non-hydrogen) atoms. The monoisotopic (exact) mass is 249 g/mol. The van der Waals surface area contributed by atoms with Crippen molar-refractivity contribution in [1.29, 1.82) is 0 Å². The SMILES string of the molecule is CCC=C(CC)C1C(C)CC(CC)C2CCCN21. The number of hydrogen-bond donors (Lipinski definition) is 0. The van der Waals surface area contributed by atoms with Gasteiger partial charge in [0, 0.05) is 12.1 Å². The Kier molecular flexibility index (Phi) is 4.89. The summed E-state index contributed by atoms with van der Waals surface area (Å²) < 4.78 is 0. The Bertz CT molecular complexity index is 294. The Morgan fingerprint density at radius 3 is 2.67 bits per heavy atom. The number of hydrogen-bond acceptors (Lipinski definition) is 1. The van der Waals surface area contributed by atoms with Crippen molar-refractivity contribution in [1.82, 2.24) is 4.90 Å². The fraction of sp³-hybridized carbons (Fsp3) is 0.882. The van der Waals surface area contributed by atoms with E-state index in [4.69, 9.17) is 0 Å². The lowest BCUT2D eigenvalue weighted by atomic mass is 9.75. The summed E-state index contributed by atoms with van der Waals surface area (Å²) in [6, 6.07) is 1.65. The summed E-state index contributed by atoms with van der Waals surface area (Å²) in [5.41, 5.74) is 1.71. The maximum Gasteiger partial charge on any atom is 0.0336 e. The topological polar surface area (TPSA) is 3.24 Å². The van der Waals surface area contributed by atoms with Gasteiger partial charge in [0.2, 0.25) is 0 Å². The zero-order chi connectivity index (χ0) is 13.1. The Balaban J connectivity index is 2.21. The highest BCUT2D eigenvalue weighted by Gasteiger charge is 2.43. The molecule has 0 bridgehead atoms. The van der Waals surface area contributed by atoms with E-state index in [0.29, 0.717) is 0 Å². The Hall–Kier alpha value is -0.300. The Morgan fingerprint density at radius 1 is 1.28 bits per heavy atom. The zero-order valence-electron chi connectivity index (χ0n) is 12.8. The first-order valence-corrected chi connectivity index (χ1v) is 8.17. The van der Waals surface area contributed by atoms with Crippen molar-refractivity contribution in [3.05, 3.63) is 11.6 Å². The van der Waals surface area contributed by atoms with Crippen LogP contribution in [-0.4, -0.2) is 23.5 Å². The Labute approximate surface area is 114 Å². The number of allylic oxidation sites excluding steroid dienone is 1. The van der Waals surface area contributed by atoms with Gasteiger partial charge in [0.25, 0.3) is 0 Å². The molecule has 2 aliphatic heterocycles. The number of fused-ring (bicyclic) bond motifs is 1. The molecule has 0 N–H and O–H groups in total. The maximum absolute atomic E-state index is 2.87. The molecular weight excluding hydrogens is 218 g/mol. The van der Waals surface area contributed by atoms with E-state index in [0.717, 1.165) is 23.9 Å². The summed E-state index contributed by atoms with van der Waals surface area (Å²) >= 11 is 0. The summed E-state index contributed by atoms with van der Waals surface area (Å²) in [6.45, 7) is 10.8. The van der Waals surface area contributed by atoms with Crippen LogP contribution < -0.4 is 0 Å². The molecule has 0 aromatic carbocycles. The molecule has 0 aromatic rings. The smallest absolute Gasteiger partial charge is 0.0336 e. The van der Waals surface area contributed by atoms with E-state index in [1.807, 2.05) is 0 Å². The lowest BCUT2D eigenvalue weighted by Gasteiger charge is -2.47. The quantitative estimate of drug-likeness (QED) is 0.657. The third kappa shape index (κ3) is 2.52. The molecule has 1 nitrogen and oxygen atoms in total. The summed E-state index contributed by atoms with van der Waals surface area (Å²) in [7, 11) is 0. The summed E-state index contributed by atoms with van der Waals surface area (Å²) in [4.78, 5) is 2.87. The van der Waals surface area contributed by atoms with Crippen molar-refractivity contribution in [3.63, 3.8) is 0 Å². The van der Waals surface area contributed by atoms with Gasteiger partial charge in [-0.25, -0.2) is 0 Å². The second kappa shape index (κ2) is 6.23. The van der Waals surface area contributed by atoms with E-state index in [2.05, 4.69) is 38.7 Å². The molecule has 2 rings (SSSR count). The van der Waals surface area contributed by atoms with Crippen molar-refractivity contribution in [3.8, 4) is 0 Å². The van der Waals surface area contributed by atoms with Gasteiger partial charge in [0.15, 0.2) is 0 Å². The molecule has 0 aliphatic carbocycles. The molecule has 0 amide bonds. The first-order valence-electron chi connectivity index (χ1n) is 8.17. The second-order valence-corrected chi connectivity index (χ2v) is 6.31. The summed E-state index contributed by atoms with van der Waals surface area (Å²) in [5, 5.41) is 0. The van der Waals surface area contributed by atoms with E-state index >= 15 is 0 Å². The van der Waals surface area contributed by atoms with Gasteiger partial charge >= 0.3 is 0 Å². The first kappa shape index (κ1) is 14.1. The van der Waals surface area contributed by atoms with Crippen LogP contribution >= 0.6 is 0 Å². The highest BCUT2D eigenvalue weighted by atomic mass is 15.2. The molecule has 4 unspecified atom stereocenters. The van der Waals surface area contributed by atoms with Gasteiger partial charge in [-0.1, -0.05) is 45.8 Å². The molecule has 0 radical (unpaired) electrons. The number of nitrogens with zero attached hydrogens (tertiary/aromatic N) is 1. The highest BCUT2D eigenvalue weighted by molar-refractivity contribution is 5.16. The van der Waals surface area contributed by atoms with E-state index in [1.165, 1.54) is 45.1 Å². The van der Waals surface area contributed by atoms with Gasteiger partial charge in [0.05, 0.1) is 0 Å². The Morgan fingerprint density at radius 2 is 2.06 bits per heavy atom. The third-order valence-corrected chi connectivity index (χ3v) is 5.24. The maximum atomic E-state index is 2.87. The summed E-state index contributed by atoms with van der Waals surface area (Å²) in [6.07, 6.45) is 10.6. The molecule has 0 spiro atoms. The fourth-order valence-corrected chi connectivity index (χ4v) is 4.51. The molecule has 4 atom stereocenters. The van der Waals surface area contributed by atoms with Crippen LogP contribution in [0.25, 0.3) is 0 Å². The van der Waals surface area contributed by atoms with Crippen LogP contribution in [-0.2, 0) is 0 Å². The van der Waals surface area contributed by atoms with Crippen LogP contribution in [0.2, 0.25) is 0 Å². The van der Waals surface area contributed by atoms with Crippen molar-refractivity contribution in [2.75, 3.05) is 6.54 Å². The molecule has 0 saturated carbocycles. The highest BCUT2D eigenvalue weighted by Crippen LogP contribution is 2.42. The van der Waals surface area contributed by atoms with Gasteiger partial charge < -0.3 is 0 Å². The van der Waals surface area contributed by atoms with Crippen molar-refractivity contribution in [2.45, 2.75) is 78.3 Å². The standard InChI is InChI=1S/C17H31N/c1-5-9-14(6-2)17-13(4)12-15(7-3)16-10-8-11-18(16)17/h9,13,15-17H,5-8,10-12H2,1-4H3. The minimum atomic E-state index is 0.755. The first-order chi connectivity index (χ1) is 8.72. The van der Waals surface area contributed by atoms with Gasteiger partial charge in [-0.3, -0.25) is 4.90 Å². The average Bonchev–Trinajstić information content (AvgIpc) is 2.84. The minimum absolute atomic E-state index is 0.755. The lowest BCUT2D eigenvalue weighted by molar-refractivity contribution is 0.0488. The summed E-state index contributed by atoms with van der Waals surface area (Å²) in [5.74, 6) is 1.81. The normalized spacial score (nSPS) is 37.9. The zero-order valence-corrected chi connectivity index (χ0v) is 12.8. The van der Waals surface area contributed by atoms with E-state index in [1.54, 1.807) is 5.57 Å². The molecule has 2 saturated heterocycles. The molecule has 1 heteroatoms. The van der Waals surface area contributed by atoms with E-state index in [9.17, 15) is 0 Å². The fourth-order valence-electron chi connectivity index (χ4n) is 4.51. The molecule has 104 valence electrons. The largest absolute Gasteiger partial charge is 0.293 e. The van der Waals surface area contributed by atoms with Crippen molar-refractivity contribution >= 4 is 0 Å². The van der Waals surface area contributed by atoms with Crippen LogP contribution in [0.5, 0.6) is 0 Å². The average molecular weight is 249 g/mol. The molecule has 0 aromatic heterocycles. The van der Waals surface area contributed by atoms with E-state index < -0.39 is 0 Å². The molecule has 2 aliphatic rings. The van der Waals surface area contributed by atoms with Gasteiger partial charge in [0.1, 0.15) is 0 Å². The number of rotatable bonds is 4. The lowest BCUT2D eigenvalue weighted by Crippen LogP contribution is -2.52. The predicted octanol–water partition coefficient (Wildman–Crippen LogP) is 4.63. The van der Waals surface area contributed by atoms with Crippen LogP contribution in [0.15, 0.2) is 11.6 Å². The van der Waals surface area contributed by atoms with Crippen LogP contribution in [0.4, 0.5) is 0 Å². The number of piperidine rings is 1.